The van der Waals surface area contributed by atoms with Crippen molar-refractivity contribution in [1.82, 2.24) is 0 Å². The highest BCUT2D eigenvalue weighted by molar-refractivity contribution is 6.01. The Balaban J connectivity index is 2.66. The maximum Gasteiger partial charge on any atom is 0.318 e. The molecule has 2 rings (SSSR count). The zero-order valence-electron chi connectivity index (χ0n) is 11.5. The van der Waals surface area contributed by atoms with E-state index in [1.807, 2.05) is 13.0 Å². The molecule has 0 amide bonds. The lowest BCUT2D eigenvalue weighted by Gasteiger charge is -2.59. The van der Waals surface area contributed by atoms with E-state index in [9.17, 15) is 9.59 Å². The summed E-state index contributed by atoms with van der Waals surface area (Å²) in [6, 6.07) is 0. The summed E-state index contributed by atoms with van der Waals surface area (Å²) in [5.41, 5.74) is 0.0974. The van der Waals surface area contributed by atoms with Crippen LogP contribution in [-0.2, 0) is 19.1 Å². The van der Waals surface area contributed by atoms with Gasteiger partial charge in [-0.1, -0.05) is 24.8 Å². The highest BCUT2D eigenvalue weighted by Gasteiger charge is 2.74. The van der Waals surface area contributed by atoms with E-state index < -0.39 is 22.8 Å². The Labute approximate surface area is 112 Å². The van der Waals surface area contributed by atoms with E-state index >= 15 is 0 Å². The summed E-state index contributed by atoms with van der Waals surface area (Å²) in [6.07, 6.45) is 2.78. The van der Waals surface area contributed by atoms with Gasteiger partial charge in [-0.2, -0.15) is 0 Å². The second-order valence-corrected chi connectivity index (χ2v) is 5.18. The van der Waals surface area contributed by atoms with Gasteiger partial charge in [0.05, 0.1) is 14.2 Å². The third-order valence-corrected chi connectivity index (χ3v) is 4.49. The van der Waals surface area contributed by atoms with Crippen LogP contribution >= 0.6 is 0 Å². The average molecular weight is 262 g/mol. The molecular weight excluding hydrogens is 244 g/mol. The number of rotatable bonds is 2. The predicted octanol–water partition coefficient (Wildman–Crippen LogP) is 2.17. The number of esters is 2. The molecule has 102 valence electrons. The van der Waals surface area contributed by atoms with Crippen molar-refractivity contribution < 1.29 is 19.1 Å². The number of carbonyl (C=O) groups is 2. The lowest BCUT2D eigenvalue weighted by Crippen LogP contribution is -2.64. The van der Waals surface area contributed by atoms with Gasteiger partial charge in [-0.15, -0.1) is 0 Å². The van der Waals surface area contributed by atoms with Crippen molar-refractivity contribution in [2.75, 3.05) is 14.2 Å². The van der Waals surface area contributed by atoms with Crippen LogP contribution in [0.15, 0.2) is 36.0 Å². The van der Waals surface area contributed by atoms with Crippen molar-refractivity contribution in [3.05, 3.63) is 36.0 Å². The molecular formula is C15H18O4. The average Bonchev–Trinajstić information content (AvgIpc) is 2.43. The predicted molar refractivity (Wildman–Crippen MR) is 70.2 cm³/mol. The van der Waals surface area contributed by atoms with E-state index in [1.54, 1.807) is 0 Å². The number of ether oxygens (including phenoxy) is 2. The Bertz CT molecular complexity index is 528. The third-order valence-electron chi connectivity index (χ3n) is 4.49. The van der Waals surface area contributed by atoms with Crippen molar-refractivity contribution >= 4 is 11.9 Å². The first-order valence-corrected chi connectivity index (χ1v) is 6.10. The van der Waals surface area contributed by atoms with Crippen LogP contribution in [0.25, 0.3) is 0 Å². The largest absolute Gasteiger partial charge is 0.468 e. The fraction of sp³-hybridized carbons (Fsp3) is 0.467. The van der Waals surface area contributed by atoms with Gasteiger partial charge >= 0.3 is 11.9 Å². The summed E-state index contributed by atoms with van der Waals surface area (Å²) in [4.78, 5) is 24.6. The van der Waals surface area contributed by atoms with E-state index in [4.69, 9.17) is 9.47 Å². The number of carbonyl (C=O) groups excluding carboxylic acids is 2. The van der Waals surface area contributed by atoms with Gasteiger partial charge in [-0.3, -0.25) is 9.59 Å². The van der Waals surface area contributed by atoms with Crippen LogP contribution in [-0.4, -0.2) is 26.2 Å². The number of fused-ring (bicyclic) bond motifs is 1. The van der Waals surface area contributed by atoms with Crippen LogP contribution in [0.3, 0.4) is 0 Å². The standard InChI is InChI=1S/C15H18O4/c1-9-6-7-14(12(16)18-4)10(2)11(3)15(14,8-9)13(17)19-5/h6H,2-3,7-8H2,1,4-5H3/t14-,15+/m0/s1. The summed E-state index contributed by atoms with van der Waals surface area (Å²) in [5, 5.41) is 0. The van der Waals surface area contributed by atoms with Crippen LogP contribution in [0.2, 0.25) is 0 Å². The molecule has 4 nitrogen and oxygen atoms in total. The summed E-state index contributed by atoms with van der Waals surface area (Å²) in [6.45, 7) is 9.77. The number of hydrogen-bond donors (Lipinski definition) is 0. The van der Waals surface area contributed by atoms with E-state index in [-0.39, 0.29) is 0 Å². The first-order chi connectivity index (χ1) is 8.88. The maximum absolute atomic E-state index is 12.3. The lowest BCUT2D eigenvalue weighted by atomic mass is 9.40. The SMILES string of the molecule is C=C1C(=C)[C@@]2(C(=O)OC)CC(C)=CC[C@@]12C(=O)OC. The molecule has 0 unspecified atom stereocenters. The maximum atomic E-state index is 12.3. The van der Waals surface area contributed by atoms with Gasteiger partial charge in [0.15, 0.2) is 0 Å². The molecule has 2 aliphatic rings. The van der Waals surface area contributed by atoms with Gasteiger partial charge in [0.25, 0.3) is 0 Å². The van der Waals surface area contributed by atoms with Crippen LogP contribution in [0, 0.1) is 10.8 Å². The number of allylic oxidation sites excluding steroid dienone is 2. The Morgan fingerprint density at radius 1 is 1.11 bits per heavy atom. The van der Waals surface area contributed by atoms with E-state index in [0.717, 1.165) is 5.57 Å². The first kappa shape index (κ1) is 13.6. The molecule has 0 heterocycles. The van der Waals surface area contributed by atoms with Gasteiger partial charge in [0.2, 0.25) is 0 Å². The molecule has 0 aromatic heterocycles. The molecule has 0 aromatic carbocycles. The van der Waals surface area contributed by atoms with Gasteiger partial charge in [0.1, 0.15) is 10.8 Å². The summed E-state index contributed by atoms with van der Waals surface area (Å²) < 4.78 is 9.84. The Morgan fingerprint density at radius 2 is 1.58 bits per heavy atom. The van der Waals surface area contributed by atoms with Crippen molar-refractivity contribution in [2.24, 2.45) is 10.8 Å². The zero-order valence-corrected chi connectivity index (χ0v) is 11.5. The summed E-state index contributed by atoms with van der Waals surface area (Å²) in [5.74, 6) is -0.887. The molecule has 2 atom stereocenters. The van der Waals surface area contributed by atoms with E-state index in [1.165, 1.54) is 14.2 Å². The molecule has 0 N–H and O–H groups in total. The quantitative estimate of drug-likeness (QED) is 0.565. The molecule has 0 saturated heterocycles. The van der Waals surface area contributed by atoms with E-state index in [2.05, 4.69) is 13.2 Å². The van der Waals surface area contributed by atoms with E-state index in [0.29, 0.717) is 24.0 Å². The van der Waals surface area contributed by atoms with Gasteiger partial charge < -0.3 is 9.47 Å². The Morgan fingerprint density at radius 3 is 2.11 bits per heavy atom. The van der Waals surface area contributed by atoms with Crippen LogP contribution in [0.1, 0.15) is 19.8 Å². The fourth-order valence-corrected chi connectivity index (χ4v) is 3.44. The monoisotopic (exact) mass is 262 g/mol. The van der Waals surface area contributed by atoms with Gasteiger partial charge in [-0.05, 0) is 30.9 Å². The molecule has 0 aliphatic heterocycles. The summed E-state index contributed by atoms with van der Waals surface area (Å²) >= 11 is 0. The van der Waals surface area contributed by atoms with Crippen LogP contribution < -0.4 is 0 Å². The number of hydrogen-bond acceptors (Lipinski definition) is 4. The second-order valence-electron chi connectivity index (χ2n) is 5.18. The smallest absolute Gasteiger partial charge is 0.318 e. The van der Waals surface area contributed by atoms with Crippen LogP contribution in [0.4, 0.5) is 0 Å². The lowest BCUT2D eigenvalue weighted by molar-refractivity contribution is -0.177. The molecule has 2 aliphatic carbocycles. The second kappa shape index (κ2) is 4.08. The molecule has 0 aromatic rings. The minimum atomic E-state index is -1.05. The first-order valence-electron chi connectivity index (χ1n) is 6.10. The Hall–Kier alpha value is -1.84. The molecule has 1 fully saturated rings. The minimum Gasteiger partial charge on any atom is -0.468 e. The van der Waals surface area contributed by atoms with Crippen molar-refractivity contribution in [2.45, 2.75) is 19.8 Å². The molecule has 1 saturated carbocycles. The van der Waals surface area contributed by atoms with Gasteiger partial charge in [0, 0.05) is 0 Å². The molecule has 0 bridgehead atoms. The van der Waals surface area contributed by atoms with Crippen molar-refractivity contribution in [3.8, 4) is 0 Å². The Kier molecular flexibility index (Phi) is 2.92. The molecule has 4 heteroatoms. The highest BCUT2D eigenvalue weighted by Crippen LogP contribution is 2.70. The highest BCUT2D eigenvalue weighted by atomic mass is 16.5. The molecule has 0 spiro atoms. The topological polar surface area (TPSA) is 52.6 Å². The number of methoxy groups -OCH3 is 2. The third kappa shape index (κ3) is 1.29. The fourth-order valence-electron chi connectivity index (χ4n) is 3.44. The van der Waals surface area contributed by atoms with Crippen molar-refractivity contribution in [3.63, 3.8) is 0 Å². The van der Waals surface area contributed by atoms with Gasteiger partial charge in [-0.25, -0.2) is 0 Å². The molecule has 19 heavy (non-hydrogen) atoms. The summed E-state index contributed by atoms with van der Waals surface area (Å²) in [7, 11) is 2.64. The van der Waals surface area contributed by atoms with Crippen LogP contribution in [0.5, 0.6) is 0 Å². The minimum absolute atomic E-state index is 0.401. The van der Waals surface area contributed by atoms with Crippen molar-refractivity contribution in [1.29, 1.82) is 0 Å². The zero-order chi connectivity index (χ0) is 14.4. The molecule has 0 radical (unpaired) electrons. The normalized spacial score (nSPS) is 32.9.